The molecule has 1 saturated carbocycles. The lowest BCUT2D eigenvalue weighted by Gasteiger charge is -2.16. The Balaban J connectivity index is 2.28. The summed E-state index contributed by atoms with van der Waals surface area (Å²) in [6.07, 6.45) is 4.95. The first-order valence-corrected chi connectivity index (χ1v) is 5.28. The molecule has 1 heterocycles. The molecule has 0 amide bonds. The second-order valence-corrected chi connectivity index (χ2v) is 4.60. The van der Waals surface area contributed by atoms with E-state index < -0.39 is 0 Å². The lowest BCUT2D eigenvalue weighted by molar-refractivity contribution is 0.294. The minimum Gasteiger partial charge on any atom is -0.338 e. The minimum atomic E-state index is 0.163. The summed E-state index contributed by atoms with van der Waals surface area (Å²) in [4.78, 5) is 4.27. The Bertz CT molecular complexity index is 278. The molecule has 0 N–H and O–H groups in total. The Morgan fingerprint density at radius 3 is 2.58 bits per heavy atom. The molecule has 3 nitrogen and oxygen atoms in total. The molecule has 4 heteroatoms. The van der Waals surface area contributed by atoms with Crippen molar-refractivity contribution < 1.29 is 4.52 Å². The number of halogens is 1. The molecule has 0 spiro atoms. The van der Waals surface area contributed by atoms with E-state index in [4.69, 9.17) is 4.52 Å². The average molecular weight is 278 g/mol. The summed E-state index contributed by atoms with van der Waals surface area (Å²) in [5.74, 6) is 0.824. The fourth-order valence-electron chi connectivity index (χ4n) is 1.82. The summed E-state index contributed by atoms with van der Waals surface area (Å²) in [5.41, 5.74) is 0.163. The molecule has 66 valence electrons. The second kappa shape index (κ2) is 2.97. The van der Waals surface area contributed by atoms with Gasteiger partial charge in [-0.25, -0.2) is 0 Å². The van der Waals surface area contributed by atoms with E-state index in [0.717, 1.165) is 9.72 Å². The smallest absolute Gasteiger partial charge is 0.233 e. The molecule has 0 radical (unpaired) electrons. The van der Waals surface area contributed by atoms with Gasteiger partial charge in [-0.2, -0.15) is 4.98 Å². The Kier molecular flexibility index (Phi) is 2.10. The number of hydrogen-bond acceptors (Lipinski definition) is 3. The van der Waals surface area contributed by atoms with Crippen LogP contribution in [0.15, 0.2) is 4.52 Å². The van der Waals surface area contributed by atoms with E-state index in [9.17, 15) is 0 Å². The first kappa shape index (κ1) is 8.47. The predicted octanol–water partition coefficient (Wildman–Crippen LogP) is 2.51. The molecule has 1 aromatic rings. The maximum Gasteiger partial charge on any atom is 0.233 e. The Labute approximate surface area is 85.1 Å². The van der Waals surface area contributed by atoms with Gasteiger partial charge < -0.3 is 4.52 Å². The molecular weight excluding hydrogens is 267 g/mol. The fourth-order valence-corrected chi connectivity index (χ4v) is 2.14. The zero-order chi connectivity index (χ0) is 8.60. The van der Waals surface area contributed by atoms with Crippen LogP contribution in [-0.2, 0) is 5.41 Å². The Morgan fingerprint density at radius 2 is 2.08 bits per heavy atom. The van der Waals surface area contributed by atoms with Gasteiger partial charge in [0.15, 0.2) is 0 Å². The van der Waals surface area contributed by atoms with Crippen LogP contribution in [0.25, 0.3) is 0 Å². The molecule has 1 aliphatic carbocycles. The van der Waals surface area contributed by atoms with Crippen molar-refractivity contribution in [2.75, 3.05) is 0 Å². The van der Waals surface area contributed by atoms with Crippen molar-refractivity contribution >= 4 is 22.6 Å². The maximum atomic E-state index is 5.18. The molecule has 12 heavy (non-hydrogen) atoms. The van der Waals surface area contributed by atoms with Crippen LogP contribution in [0.3, 0.4) is 0 Å². The molecule has 2 rings (SSSR count). The van der Waals surface area contributed by atoms with E-state index in [0.29, 0.717) is 0 Å². The monoisotopic (exact) mass is 278 g/mol. The van der Waals surface area contributed by atoms with Crippen LogP contribution >= 0.6 is 22.6 Å². The Morgan fingerprint density at radius 1 is 1.42 bits per heavy atom. The number of rotatable bonds is 1. The van der Waals surface area contributed by atoms with E-state index in [-0.39, 0.29) is 5.41 Å². The van der Waals surface area contributed by atoms with Crippen molar-refractivity contribution in [3.05, 3.63) is 9.72 Å². The van der Waals surface area contributed by atoms with Gasteiger partial charge in [0.2, 0.25) is 9.72 Å². The third-order valence-electron chi connectivity index (χ3n) is 2.62. The van der Waals surface area contributed by atoms with E-state index >= 15 is 0 Å². The minimum absolute atomic E-state index is 0.163. The van der Waals surface area contributed by atoms with Crippen LogP contribution in [0.2, 0.25) is 0 Å². The quantitative estimate of drug-likeness (QED) is 0.741. The third kappa shape index (κ3) is 1.36. The van der Waals surface area contributed by atoms with E-state index in [1.165, 1.54) is 25.7 Å². The zero-order valence-corrected chi connectivity index (χ0v) is 9.17. The van der Waals surface area contributed by atoms with Gasteiger partial charge in [-0.3, -0.25) is 0 Å². The van der Waals surface area contributed by atoms with Crippen molar-refractivity contribution in [2.24, 2.45) is 0 Å². The maximum absolute atomic E-state index is 5.18. The highest BCUT2D eigenvalue weighted by Crippen LogP contribution is 2.39. The molecule has 1 aromatic heterocycles. The predicted molar refractivity (Wildman–Crippen MR) is 52.8 cm³/mol. The summed E-state index contributed by atoms with van der Waals surface area (Å²) < 4.78 is 5.90. The van der Waals surface area contributed by atoms with E-state index in [1.807, 2.05) is 0 Å². The molecule has 0 unspecified atom stereocenters. The third-order valence-corrected chi connectivity index (χ3v) is 3.06. The summed E-state index contributed by atoms with van der Waals surface area (Å²) in [5, 5.41) is 3.81. The summed E-state index contributed by atoms with van der Waals surface area (Å²) in [7, 11) is 0. The number of hydrogen-bond donors (Lipinski definition) is 0. The Hall–Kier alpha value is -0.130. The van der Waals surface area contributed by atoms with Crippen LogP contribution in [0.4, 0.5) is 0 Å². The van der Waals surface area contributed by atoms with Crippen LogP contribution in [-0.4, -0.2) is 10.1 Å². The lowest BCUT2D eigenvalue weighted by Crippen LogP contribution is -2.17. The van der Waals surface area contributed by atoms with Crippen molar-refractivity contribution in [1.29, 1.82) is 0 Å². The fraction of sp³-hybridized carbons (Fsp3) is 0.750. The van der Waals surface area contributed by atoms with Crippen LogP contribution in [0.5, 0.6) is 0 Å². The van der Waals surface area contributed by atoms with Gasteiger partial charge in [-0.15, -0.1) is 0 Å². The van der Waals surface area contributed by atoms with E-state index in [1.54, 1.807) is 0 Å². The van der Waals surface area contributed by atoms with Gasteiger partial charge in [0.05, 0.1) is 0 Å². The molecular formula is C8H11IN2O. The molecule has 1 aliphatic rings. The molecule has 0 saturated heterocycles. The average Bonchev–Trinajstić information content (AvgIpc) is 2.59. The second-order valence-electron chi connectivity index (χ2n) is 3.64. The molecule has 1 fully saturated rings. The van der Waals surface area contributed by atoms with Gasteiger partial charge in [0.25, 0.3) is 0 Å². The van der Waals surface area contributed by atoms with Crippen molar-refractivity contribution in [2.45, 2.75) is 38.0 Å². The van der Waals surface area contributed by atoms with Crippen LogP contribution in [0.1, 0.15) is 38.5 Å². The topological polar surface area (TPSA) is 38.9 Å². The van der Waals surface area contributed by atoms with E-state index in [2.05, 4.69) is 39.7 Å². The number of nitrogens with zero attached hydrogens (tertiary/aromatic N) is 2. The standard InChI is InChI=1S/C8H11IN2O/c1-8(4-2-3-5-8)6-10-7(9)11-12-6/h2-5H2,1H3. The van der Waals surface area contributed by atoms with Gasteiger partial charge in [-0.1, -0.05) is 24.9 Å². The highest BCUT2D eigenvalue weighted by atomic mass is 127. The first-order valence-electron chi connectivity index (χ1n) is 4.20. The van der Waals surface area contributed by atoms with Crippen LogP contribution < -0.4 is 0 Å². The summed E-state index contributed by atoms with van der Waals surface area (Å²) in [6.45, 7) is 2.21. The molecule has 0 bridgehead atoms. The summed E-state index contributed by atoms with van der Waals surface area (Å²) >= 11 is 2.08. The zero-order valence-electron chi connectivity index (χ0n) is 7.01. The largest absolute Gasteiger partial charge is 0.338 e. The van der Waals surface area contributed by atoms with Gasteiger partial charge >= 0.3 is 0 Å². The first-order chi connectivity index (χ1) is 5.71. The highest BCUT2D eigenvalue weighted by Gasteiger charge is 2.35. The molecule has 0 atom stereocenters. The van der Waals surface area contributed by atoms with Crippen molar-refractivity contribution in [3.63, 3.8) is 0 Å². The highest BCUT2D eigenvalue weighted by molar-refractivity contribution is 14.1. The van der Waals surface area contributed by atoms with Crippen molar-refractivity contribution in [1.82, 2.24) is 10.1 Å². The molecule has 0 aliphatic heterocycles. The van der Waals surface area contributed by atoms with Crippen molar-refractivity contribution in [3.8, 4) is 0 Å². The van der Waals surface area contributed by atoms with Gasteiger partial charge in [-0.05, 0) is 12.8 Å². The summed E-state index contributed by atoms with van der Waals surface area (Å²) in [6, 6.07) is 0. The normalized spacial score (nSPS) is 21.5. The number of aromatic nitrogens is 2. The molecule has 0 aromatic carbocycles. The van der Waals surface area contributed by atoms with Gasteiger partial charge in [0.1, 0.15) is 0 Å². The SMILES string of the molecule is CC1(c2nc(I)no2)CCCC1. The van der Waals surface area contributed by atoms with Gasteiger partial charge in [0, 0.05) is 28.0 Å². The van der Waals surface area contributed by atoms with Crippen LogP contribution in [0, 0.1) is 3.83 Å². The lowest BCUT2D eigenvalue weighted by atomic mass is 9.89.